The number of hydrogen-bond acceptors (Lipinski definition) is 3. The molecule has 126 valence electrons. The summed E-state index contributed by atoms with van der Waals surface area (Å²) in [6.45, 7) is 2.60. The van der Waals surface area contributed by atoms with E-state index in [4.69, 9.17) is 6.42 Å². The molecule has 1 aromatic carbocycles. The average Bonchev–Trinajstić information content (AvgIpc) is 3.17. The molecule has 24 heavy (non-hydrogen) atoms. The van der Waals surface area contributed by atoms with Crippen LogP contribution in [0.15, 0.2) is 6.07 Å². The van der Waals surface area contributed by atoms with Gasteiger partial charge >= 0.3 is 6.03 Å². The summed E-state index contributed by atoms with van der Waals surface area (Å²) in [4.78, 5) is 14.6. The molecule has 0 aromatic heterocycles. The minimum Gasteiger partial charge on any atom is -0.307 e. The first-order valence-electron chi connectivity index (χ1n) is 8.79. The molecular weight excluding hydrogens is 318 g/mol. The first kappa shape index (κ1) is 15.9. The van der Waals surface area contributed by atoms with Gasteiger partial charge in [-0.15, -0.1) is 6.42 Å². The Bertz CT molecular complexity index is 671. The standard InChI is InChI=1S/C19H23N3OS/c1-2-9-22-11-15(12-22)24-21-19(23)20-18-16-7-3-5-13(16)10-14-6-4-8-17(14)18/h1,10,15H,3-9,11-12H2,(H2,20,21,23). The molecule has 5 heteroatoms. The fourth-order valence-electron chi connectivity index (χ4n) is 4.10. The largest absolute Gasteiger partial charge is 0.329 e. The summed E-state index contributed by atoms with van der Waals surface area (Å²) in [5.74, 6) is 2.65. The number of carbonyl (C=O) groups excluding carboxylic acids is 1. The van der Waals surface area contributed by atoms with Crippen LogP contribution in [0.25, 0.3) is 0 Å². The summed E-state index contributed by atoms with van der Waals surface area (Å²) in [5.41, 5.74) is 6.75. The molecule has 0 bridgehead atoms. The zero-order valence-electron chi connectivity index (χ0n) is 13.9. The number of fused-ring (bicyclic) bond motifs is 2. The average molecular weight is 341 g/mol. The maximum atomic E-state index is 12.4. The molecule has 0 spiro atoms. The van der Waals surface area contributed by atoms with Crippen molar-refractivity contribution in [3.63, 3.8) is 0 Å². The normalized spacial score (nSPS) is 19.3. The van der Waals surface area contributed by atoms with E-state index in [2.05, 4.69) is 26.9 Å². The highest BCUT2D eigenvalue weighted by atomic mass is 32.2. The van der Waals surface area contributed by atoms with Crippen LogP contribution >= 0.6 is 11.9 Å². The van der Waals surface area contributed by atoms with Crippen molar-refractivity contribution in [2.75, 3.05) is 25.0 Å². The monoisotopic (exact) mass is 341 g/mol. The number of benzene rings is 1. The number of carbonyl (C=O) groups is 1. The van der Waals surface area contributed by atoms with Gasteiger partial charge in [0.25, 0.3) is 0 Å². The van der Waals surface area contributed by atoms with Gasteiger partial charge in [0, 0.05) is 18.8 Å². The Balaban J connectivity index is 1.38. The van der Waals surface area contributed by atoms with Crippen molar-refractivity contribution in [2.24, 2.45) is 0 Å². The molecule has 0 saturated carbocycles. The first-order chi connectivity index (χ1) is 11.7. The van der Waals surface area contributed by atoms with E-state index in [1.165, 1.54) is 47.0 Å². The van der Waals surface area contributed by atoms with Gasteiger partial charge in [0.15, 0.2) is 0 Å². The van der Waals surface area contributed by atoms with Crippen molar-refractivity contribution >= 4 is 23.7 Å². The number of anilines is 1. The predicted molar refractivity (Wildman–Crippen MR) is 99.3 cm³/mol. The van der Waals surface area contributed by atoms with Crippen LogP contribution in [0.1, 0.15) is 35.1 Å². The Labute approximate surface area is 147 Å². The van der Waals surface area contributed by atoms with E-state index in [-0.39, 0.29) is 6.03 Å². The second kappa shape index (κ2) is 6.70. The number of hydrogen-bond donors (Lipinski definition) is 2. The lowest BCUT2D eigenvalue weighted by Crippen LogP contribution is -2.50. The lowest BCUT2D eigenvalue weighted by atomic mass is 9.99. The quantitative estimate of drug-likeness (QED) is 0.654. The van der Waals surface area contributed by atoms with Crippen LogP contribution in [-0.4, -0.2) is 35.8 Å². The molecule has 4 nitrogen and oxygen atoms in total. The number of amides is 2. The molecule has 2 N–H and O–H groups in total. The molecule has 1 aliphatic heterocycles. The fourth-order valence-corrected chi connectivity index (χ4v) is 4.99. The van der Waals surface area contributed by atoms with Crippen molar-refractivity contribution < 1.29 is 4.79 Å². The minimum atomic E-state index is -0.0928. The smallest absolute Gasteiger partial charge is 0.307 e. The van der Waals surface area contributed by atoms with Gasteiger partial charge in [-0.05, 0) is 72.7 Å². The van der Waals surface area contributed by atoms with Gasteiger partial charge in [-0.3, -0.25) is 9.62 Å². The van der Waals surface area contributed by atoms with E-state index < -0.39 is 0 Å². The number of nitrogens with zero attached hydrogens (tertiary/aromatic N) is 1. The van der Waals surface area contributed by atoms with Crippen molar-refractivity contribution in [3.8, 4) is 12.3 Å². The van der Waals surface area contributed by atoms with E-state index in [1.807, 2.05) is 0 Å². The van der Waals surface area contributed by atoms with Gasteiger partial charge in [-0.1, -0.05) is 12.0 Å². The summed E-state index contributed by atoms with van der Waals surface area (Å²) < 4.78 is 2.97. The molecule has 4 rings (SSSR count). The number of nitrogens with one attached hydrogen (secondary N) is 2. The van der Waals surface area contributed by atoms with E-state index in [9.17, 15) is 4.79 Å². The second-order valence-corrected chi connectivity index (χ2v) is 8.03. The summed E-state index contributed by atoms with van der Waals surface area (Å²) in [6, 6.07) is 2.29. The van der Waals surface area contributed by atoms with E-state index in [0.29, 0.717) is 11.8 Å². The van der Waals surface area contributed by atoms with Gasteiger partial charge in [0.2, 0.25) is 0 Å². The van der Waals surface area contributed by atoms with Crippen LogP contribution < -0.4 is 10.0 Å². The van der Waals surface area contributed by atoms with Crippen LogP contribution in [0.2, 0.25) is 0 Å². The van der Waals surface area contributed by atoms with E-state index in [0.717, 1.165) is 44.5 Å². The van der Waals surface area contributed by atoms with Crippen LogP contribution in [0, 0.1) is 12.3 Å². The van der Waals surface area contributed by atoms with Crippen molar-refractivity contribution in [1.82, 2.24) is 9.62 Å². The number of likely N-dealkylation sites (tertiary alicyclic amines) is 1. The number of urea groups is 1. The van der Waals surface area contributed by atoms with Gasteiger partial charge < -0.3 is 5.32 Å². The first-order valence-corrected chi connectivity index (χ1v) is 9.67. The van der Waals surface area contributed by atoms with Crippen LogP contribution in [0.4, 0.5) is 10.5 Å². The molecule has 0 unspecified atom stereocenters. The molecule has 1 heterocycles. The SMILES string of the molecule is C#CCN1CC(SNC(=O)Nc2c3c(cc4c2CCC4)CCC3)C1. The molecule has 0 atom stereocenters. The van der Waals surface area contributed by atoms with Gasteiger partial charge in [0.05, 0.1) is 11.8 Å². The summed E-state index contributed by atoms with van der Waals surface area (Å²) in [5, 5.41) is 3.61. The van der Waals surface area contributed by atoms with Crippen LogP contribution in [0.3, 0.4) is 0 Å². The lowest BCUT2D eigenvalue weighted by molar-refractivity contribution is 0.216. The second-order valence-electron chi connectivity index (χ2n) is 6.93. The minimum absolute atomic E-state index is 0.0928. The number of terminal acetylenes is 1. The van der Waals surface area contributed by atoms with Gasteiger partial charge in [-0.25, -0.2) is 4.79 Å². The Morgan fingerprint density at radius 2 is 1.88 bits per heavy atom. The molecule has 1 aromatic rings. The predicted octanol–water partition coefficient (Wildman–Crippen LogP) is 2.75. The Morgan fingerprint density at radius 1 is 1.21 bits per heavy atom. The highest BCUT2D eigenvalue weighted by molar-refractivity contribution is 7.98. The van der Waals surface area contributed by atoms with E-state index in [1.54, 1.807) is 0 Å². The molecule has 2 aliphatic carbocycles. The Morgan fingerprint density at radius 3 is 2.50 bits per heavy atom. The number of aryl methyl sites for hydroxylation is 2. The van der Waals surface area contributed by atoms with Gasteiger partial charge in [0.1, 0.15) is 0 Å². The van der Waals surface area contributed by atoms with Crippen molar-refractivity contribution in [1.29, 1.82) is 0 Å². The van der Waals surface area contributed by atoms with Crippen molar-refractivity contribution in [2.45, 2.75) is 43.8 Å². The van der Waals surface area contributed by atoms with Crippen LogP contribution in [0.5, 0.6) is 0 Å². The Kier molecular flexibility index (Phi) is 4.43. The topological polar surface area (TPSA) is 44.4 Å². The zero-order chi connectivity index (χ0) is 16.5. The van der Waals surface area contributed by atoms with Gasteiger partial charge in [-0.2, -0.15) is 0 Å². The summed E-state index contributed by atoms with van der Waals surface area (Å²) in [7, 11) is 0. The third kappa shape index (κ3) is 3.01. The number of rotatable bonds is 4. The molecule has 1 fully saturated rings. The maximum Gasteiger partial charge on any atom is 0.329 e. The summed E-state index contributed by atoms with van der Waals surface area (Å²) in [6.07, 6.45) is 12.2. The van der Waals surface area contributed by atoms with Crippen molar-refractivity contribution in [3.05, 3.63) is 28.3 Å². The third-order valence-corrected chi connectivity index (χ3v) is 6.20. The maximum absolute atomic E-state index is 12.4. The highest BCUT2D eigenvalue weighted by Crippen LogP contribution is 2.38. The molecular formula is C19H23N3OS. The fraction of sp³-hybridized carbons (Fsp3) is 0.526. The van der Waals surface area contributed by atoms with E-state index >= 15 is 0 Å². The third-order valence-electron chi connectivity index (χ3n) is 5.27. The Hall–Kier alpha value is -1.64. The summed E-state index contributed by atoms with van der Waals surface area (Å²) >= 11 is 1.51. The molecule has 1 saturated heterocycles. The van der Waals surface area contributed by atoms with Crippen LogP contribution in [-0.2, 0) is 25.7 Å². The molecule has 0 radical (unpaired) electrons. The molecule has 3 aliphatic rings. The zero-order valence-corrected chi connectivity index (χ0v) is 14.7. The molecule has 2 amide bonds. The highest BCUT2D eigenvalue weighted by Gasteiger charge is 2.28. The lowest BCUT2D eigenvalue weighted by Gasteiger charge is -2.36.